The van der Waals surface area contributed by atoms with E-state index >= 15 is 0 Å². The monoisotopic (exact) mass is 328 g/mol. The second-order valence-electron chi connectivity index (χ2n) is 9.84. The molecule has 0 aromatic heterocycles. The van der Waals surface area contributed by atoms with Gasteiger partial charge in [-0.3, -0.25) is 4.99 Å². The minimum atomic E-state index is -0.463. The van der Waals surface area contributed by atoms with Crippen molar-refractivity contribution in [1.82, 2.24) is 4.90 Å². The molecule has 3 heteroatoms. The van der Waals surface area contributed by atoms with Gasteiger partial charge in [0.2, 0.25) is 0 Å². The minimum absolute atomic E-state index is 0.130. The highest BCUT2D eigenvalue weighted by molar-refractivity contribution is 5.87. The number of piperidine rings is 1. The zero-order valence-electron chi connectivity index (χ0n) is 15.5. The molecule has 0 amide bonds. The van der Waals surface area contributed by atoms with Gasteiger partial charge in [-0.25, -0.2) is 0 Å². The maximum absolute atomic E-state index is 11.0. The van der Waals surface area contributed by atoms with Crippen LogP contribution in [0.25, 0.3) is 0 Å². The minimum Gasteiger partial charge on any atom is -0.390 e. The predicted molar refractivity (Wildman–Crippen MR) is 96.7 cm³/mol. The Kier molecular flexibility index (Phi) is 3.00. The molecule has 0 bridgehead atoms. The van der Waals surface area contributed by atoms with Crippen LogP contribution in [0.3, 0.4) is 0 Å². The van der Waals surface area contributed by atoms with Crippen LogP contribution >= 0.6 is 0 Å². The summed E-state index contributed by atoms with van der Waals surface area (Å²) in [7, 11) is 0. The van der Waals surface area contributed by atoms with Gasteiger partial charge in [-0.2, -0.15) is 0 Å². The first-order chi connectivity index (χ1) is 11.4. The molecule has 0 aromatic rings. The standard InChI is InChI=1S/C21H32N2O/c1-19-9-8-18-22-12-13-23(18)17(19)5-4-14-15(19)6-10-20(2)16(14)7-11-21(20,3)24/h5,14-16,24H,4,6-13H2,1-3H3/t14-,15-,16+,19-,20+,21+/m0/s1. The third kappa shape index (κ3) is 1.70. The number of aliphatic imine (C=N–C) groups is 1. The lowest BCUT2D eigenvalue weighted by Gasteiger charge is -2.59. The van der Waals surface area contributed by atoms with E-state index in [0.29, 0.717) is 11.3 Å². The average Bonchev–Trinajstić information content (AvgIpc) is 3.10. The summed E-state index contributed by atoms with van der Waals surface area (Å²) in [4.78, 5) is 7.29. The lowest BCUT2D eigenvalue weighted by Crippen LogP contribution is -2.55. The molecule has 3 aliphatic carbocycles. The molecule has 2 aliphatic heterocycles. The molecule has 1 N–H and O–H groups in total. The van der Waals surface area contributed by atoms with Crippen LogP contribution in [0, 0.1) is 28.6 Å². The van der Waals surface area contributed by atoms with Gasteiger partial charge in [0.15, 0.2) is 0 Å². The SMILES string of the molecule is C[C@@]12CCC3=NCCN3C1=CC[C@@H]1[C@H]3CC[C@@](C)(O)[C@]3(C)CC[C@@H]12. The van der Waals surface area contributed by atoms with Gasteiger partial charge in [0.1, 0.15) is 5.84 Å². The number of rotatable bonds is 0. The summed E-state index contributed by atoms with van der Waals surface area (Å²) in [5.41, 5.74) is 1.60. The van der Waals surface area contributed by atoms with E-state index in [1.54, 1.807) is 5.70 Å². The van der Waals surface area contributed by atoms with E-state index in [2.05, 4.69) is 31.7 Å². The Morgan fingerprint density at radius 3 is 2.75 bits per heavy atom. The molecule has 5 rings (SSSR count). The molecule has 2 heterocycles. The lowest BCUT2D eigenvalue weighted by atomic mass is 9.48. The molecular weight excluding hydrogens is 296 g/mol. The quantitative estimate of drug-likeness (QED) is 0.730. The predicted octanol–water partition coefficient (Wildman–Crippen LogP) is 3.98. The van der Waals surface area contributed by atoms with Crippen molar-refractivity contribution in [1.29, 1.82) is 0 Å². The third-order valence-corrected chi connectivity index (χ3v) is 9.07. The molecular formula is C21H32N2O. The normalized spacial score (nSPS) is 52.8. The third-order valence-electron chi connectivity index (χ3n) is 9.07. The van der Waals surface area contributed by atoms with Gasteiger partial charge in [-0.15, -0.1) is 0 Å². The number of hydrogen-bond donors (Lipinski definition) is 1. The maximum Gasteiger partial charge on any atom is 0.103 e. The van der Waals surface area contributed by atoms with E-state index in [9.17, 15) is 5.11 Å². The van der Waals surface area contributed by atoms with Gasteiger partial charge < -0.3 is 10.0 Å². The second-order valence-corrected chi connectivity index (χ2v) is 9.84. The molecule has 0 radical (unpaired) electrons. The molecule has 24 heavy (non-hydrogen) atoms. The van der Waals surface area contributed by atoms with Crippen molar-refractivity contribution in [2.75, 3.05) is 13.1 Å². The highest BCUT2D eigenvalue weighted by atomic mass is 16.3. The highest BCUT2D eigenvalue weighted by Gasteiger charge is 2.62. The summed E-state index contributed by atoms with van der Waals surface area (Å²) in [6.45, 7) is 9.12. The van der Waals surface area contributed by atoms with Gasteiger partial charge in [0.25, 0.3) is 0 Å². The number of allylic oxidation sites excluding steroid dienone is 2. The summed E-state index contributed by atoms with van der Waals surface area (Å²) >= 11 is 0. The van der Waals surface area contributed by atoms with Crippen molar-refractivity contribution in [3.8, 4) is 0 Å². The molecule has 3 nitrogen and oxygen atoms in total. The number of amidine groups is 1. The maximum atomic E-state index is 11.0. The Morgan fingerprint density at radius 2 is 1.92 bits per heavy atom. The summed E-state index contributed by atoms with van der Waals surface area (Å²) in [6.07, 6.45) is 10.9. The topological polar surface area (TPSA) is 35.8 Å². The van der Waals surface area contributed by atoms with Crippen molar-refractivity contribution in [3.63, 3.8) is 0 Å². The van der Waals surface area contributed by atoms with Crippen LogP contribution in [0.15, 0.2) is 16.8 Å². The first kappa shape index (κ1) is 15.4. The lowest BCUT2D eigenvalue weighted by molar-refractivity contribution is -0.114. The first-order valence-electron chi connectivity index (χ1n) is 10.1. The number of hydrogen-bond acceptors (Lipinski definition) is 3. The summed E-state index contributed by atoms with van der Waals surface area (Å²) < 4.78 is 0. The summed E-state index contributed by atoms with van der Waals surface area (Å²) in [6, 6.07) is 0. The molecule has 0 spiro atoms. The molecule has 5 aliphatic rings. The zero-order chi connectivity index (χ0) is 16.7. The smallest absolute Gasteiger partial charge is 0.103 e. The summed E-state index contributed by atoms with van der Waals surface area (Å²) in [5, 5.41) is 11.0. The fourth-order valence-electron chi connectivity index (χ4n) is 7.39. The number of nitrogens with zero attached hydrogens (tertiary/aromatic N) is 2. The van der Waals surface area contributed by atoms with Crippen LogP contribution in [0.4, 0.5) is 0 Å². The van der Waals surface area contributed by atoms with E-state index in [-0.39, 0.29) is 5.41 Å². The van der Waals surface area contributed by atoms with Crippen molar-refractivity contribution in [2.45, 2.75) is 71.3 Å². The van der Waals surface area contributed by atoms with Crippen LogP contribution in [-0.2, 0) is 0 Å². The van der Waals surface area contributed by atoms with Gasteiger partial charge in [-0.1, -0.05) is 19.9 Å². The van der Waals surface area contributed by atoms with Gasteiger partial charge >= 0.3 is 0 Å². The van der Waals surface area contributed by atoms with Crippen LogP contribution in [-0.4, -0.2) is 34.5 Å². The Balaban J connectivity index is 1.53. The second kappa shape index (κ2) is 4.66. The number of aliphatic hydroxyl groups is 1. The molecule has 0 aromatic carbocycles. The molecule has 6 atom stereocenters. The van der Waals surface area contributed by atoms with Crippen LogP contribution in [0.1, 0.15) is 65.7 Å². The van der Waals surface area contributed by atoms with E-state index in [1.807, 2.05) is 0 Å². The van der Waals surface area contributed by atoms with Crippen LogP contribution in [0.2, 0.25) is 0 Å². The average molecular weight is 329 g/mol. The van der Waals surface area contributed by atoms with E-state index in [4.69, 9.17) is 4.99 Å². The fourth-order valence-corrected chi connectivity index (χ4v) is 7.39. The molecule has 3 fully saturated rings. The zero-order valence-corrected chi connectivity index (χ0v) is 15.5. The molecule has 2 saturated carbocycles. The van der Waals surface area contributed by atoms with Crippen molar-refractivity contribution >= 4 is 5.84 Å². The highest BCUT2D eigenvalue weighted by Crippen LogP contribution is 2.66. The van der Waals surface area contributed by atoms with E-state index in [0.717, 1.165) is 37.8 Å². The molecule has 1 saturated heterocycles. The Labute approximate surface area is 146 Å². The van der Waals surface area contributed by atoms with Crippen LogP contribution < -0.4 is 0 Å². The van der Waals surface area contributed by atoms with Crippen molar-refractivity contribution in [2.24, 2.45) is 33.6 Å². The Morgan fingerprint density at radius 1 is 1.12 bits per heavy atom. The largest absolute Gasteiger partial charge is 0.390 e. The van der Waals surface area contributed by atoms with Gasteiger partial charge in [0.05, 0.1) is 12.1 Å². The van der Waals surface area contributed by atoms with Crippen molar-refractivity contribution in [3.05, 3.63) is 11.8 Å². The summed E-state index contributed by atoms with van der Waals surface area (Å²) in [5.74, 6) is 3.62. The Bertz CT molecular complexity index is 636. The van der Waals surface area contributed by atoms with E-state index in [1.165, 1.54) is 37.9 Å². The van der Waals surface area contributed by atoms with Gasteiger partial charge in [-0.05, 0) is 68.6 Å². The van der Waals surface area contributed by atoms with Crippen molar-refractivity contribution < 1.29 is 5.11 Å². The molecule has 0 unspecified atom stereocenters. The molecule has 132 valence electrons. The fraction of sp³-hybridized carbons (Fsp3) is 0.857. The Hall–Kier alpha value is -0.830. The first-order valence-corrected chi connectivity index (χ1v) is 10.1. The van der Waals surface area contributed by atoms with E-state index < -0.39 is 5.60 Å². The van der Waals surface area contributed by atoms with Crippen LogP contribution in [0.5, 0.6) is 0 Å². The number of fused-ring (bicyclic) bond motifs is 7. The van der Waals surface area contributed by atoms with Gasteiger partial charge in [0, 0.05) is 24.1 Å².